The molecule has 1 heterocycles. The van der Waals surface area contributed by atoms with Crippen LogP contribution in [0.25, 0.3) is 0 Å². The van der Waals surface area contributed by atoms with E-state index in [-0.39, 0.29) is 18.4 Å². The minimum atomic E-state index is -0.0596. The third kappa shape index (κ3) is 4.95. The largest absolute Gasteiger partial charge is 0.369 e. The predicted molar refractivity (Wildman–Crippen MR) is 101 cm³/mol. The van der Waals surface area contributed by atoms with Crippen LogP contribution >= 0.6 is 0 Å². The van der Waals surface area contributed by atoms with Crippen molar-refractivity contribution < 1.29 is 9.59 Å². The summed E-state index contributed by atoms with van der Waals surface area (Å²) in [4.78, 5) is 31.6. The highest BCUT2D eigenvalue weighted by Gasteiger charge is 2.22. The van der Waals surface area contributed by atoms with E-state index in [9.17, 15) is 9.59 Å². The van der Waals surface area contributed by atoms with Crippen molar-refractivity contribution in [3.63, 3.8) is 0 Å². The number of nitrogens with zero attached hydrogens (tertiary/aromatic N) is 4. The Morgan fingerprint density at radius 3 is 2.24 bits per heavy atom. The van der Waals surface area contributed by atoms with Crippen molar-refractivity contribution in [2.24, 2.45) is 0 Å². The van der Waals surface area contributed by atoms with Gasteiger partial charge < -0.3 is 14.7 Å². The number of amides is 2. The summed E-state index contributed by atoms with van der Waals surface area (Å²) in [5, 5.41) is 0. The van der Waals surface area contributed by atoms with Crippen LogP contribution in [0.5, 0.6) is 0 Å². The Hall–Kier alpha value is -2.08. The molecule has 2 amide bonds. The van der Waals surface area contributed by atoms with Gasteiger partial charge in [-0.15, -0.1) is 0 Å². The van der Waals surface area contributed by atoms with Gasteiger partial charge in [0.25, 0.3) is 0 Å². The van der Waals surface area contributed by atoms with Gasteiger partial charge in [-0.1, -0.05) is 12.1 Å². The Labute approximate surface area is 151 Å². The molecule has 0 saturated carbocycles. The summed E-state index contributed by atoms with van der Waals surface area (Å²) < 4.78 is 0. The van der Waals surface area contributed by atoms with Gasteiger partial charge in [0.05, 0.1) is 13.1 Å². The molecular weight excluding hydrogens is 316 g/mol. The van der Waals surface area contributed by atoms with Gasteiger partial charge in [0.15, 0.2) is 0 Å². The summed E-state index contributed by atoms with van der Waals surface area (Å²) in [7, 11) is 5.09. The van der Waals surface area contributed by atoms with Crippen LogP contribution in [0.2, 0.25) is 0 Å². The monoisotopic (exact) mass is 346 g/mol. The molecule has 0 aromatic heterocycles. The van der Waals surface area contributed by atoms with Gasteiger partial charge in [0, 0.05) is 53.0 Å². The Morgan fingerprint density at radius 2 is 1.64 bits per heavy atom. The fraction of sp³-hybridized carbons (Fsp3) is 0.579. The lowest BCUT2D eigenvalue weighted by atomic mass is 10.1. The highest BCUT2D eigenvalue weighted by atomic mass is 16.2. The summed E-state index contributed by atoms with van der Waals surface area (Å²) in [6.45, 7) is 8.35. The number of benzene rings is 1. The Balaban J connectivity index is 1.85. The Bertz CT molecular complexity index is 622. The minimum Gasteiger partial charge on any atom is -0.369 e. The van der Waals surface area contributed by atoms with Gasteiger partial charge in [0.2, 0.25) is 11.8 Å². The molecule has 1 aromatic carbocycles. The maximum atomic E-state index is 12.3. The topological polar surface area (TPSA) is 47.1 Å². The van der Waals surface area contributed by atoms with Crippen molar-refractivity contribution in [3.8, 4) is 0 Å². The third-order valence-electron chi connectivity index (χ3n) is 4.94. The van der Waals surface area contributed by atoms with Crippen molar-refractivity contribution in [3.05, 3.63) is 29.3 Å². The van der Waals surface area contributed by atoms with Crippen LogP contribution in [0.1, 0.15) is 11.1 Å². The minimum absolute atomic E-state index is 0.00427. The first kappa shape index (κ1) is 19.2. The summed E-state index contributed by atoms with van der Waals surface area (Å²) in [5.74, 6) is -0.0639. The zero-order valence-corrected chi connectivity index (χ0v) is 16.1. The highest BCUT2D eigenvalue weighted by Crippen LogP contribution is 2.23. The van der Waals surface area contributed by atoms with Gasteiger partial charge in [-0.25, -0.2) is 0 Å². The summed E-state index contributed by atoms with van der Waals surface area (Å²) in [5.41, 5.74) is 3.93. The Kier molecular flexibility index (Phi) is 6.42. The average Bonchev–Trinajstić information content (AvgIpc) is 2.58. The molecule has 6 nitrogen and oxygen atoms in total. The van der Waals surface area contributed by atoms with E-state index in [0.29, 0.717) is 6.54 Å². The molecule has 0 radical (unpaired) electrons. The lowest BCUT2D eigenvalue weighted by Crippen LogP contribution is -2.50. The van der Waals surface area contributed by atoms with Crippen LogP contribution in [0.4, 0.5) is 5.69 Å². The van der Waals surface area contributed by atoms with Crippen molar-refractivity contribution >= 4 is 17.5 Å². The van der Waals surface area contributed by atoms with E-state index in [4.69, 9.17) is 0 Å². The van der Waals surface area contributed by atoms with E-state index >= 15 is 0 Å². The normalized spacial score (nSPS) is 15.2. The van der Waals surface area contributed by atoms with Crippen LogP contribution in [0.15, 0.2) is 18.2 Å². The number of carbonyl (C=O) groups excluding carboxylic acids is 2. The second kappa shape index (κ2) is 8.34. The maximum absolute atomic E-state index is 12.3. The lowest BCUT2D eigenvalue weighted by Gasteiger charge is -2.37. The van der Waals surface area contributed by atoms with Crippen LogP contribution in [-0.4, -0.2) is 86.9 Å². The molecule has 138 valence electrons. The molecule has 1 aliphatic heterocycles. The SMILES string of the molecule is Cc1cccc(N2CCN(CC(=O)N(C)CC(=O)N(C)C)CC2)c1C. The molecule has 6 heteroatoms. The molecular formula is C19H30N4O2. The van der Waals surface area contributed by atoms with Gasteiger partial charge in [-0.3, -0.25) is 14.5 Å². The number of aryl methyl sites for hydroxylation is 1. The van der Waals surface area contributed by atoms with E-state index in [1.807, 2.05) is 0 Å². The first-order chi connectivity index (χ1) is 11.8. The molecule has 0 atom stereocenters. The molecule has 0 N–H and O–H groups in total. The van der Waals surface area contributed by atoms with Gasteiger partial charge in [0.1, 0.15) is 0 Å². The van der Waals surface area contributed by atoms with Crippen molar-refractivity contribution in [1.82, 2.24) is 14.7 Å². The molecule has 0 unspecified atom stereocenters. The number of rotatable bonds is 5. The third-order valence-corrected chi connectivity index (χ3v) is 4.94. The summed E-state index contributed by atoms with van der Waals surface area (Å²) >= 11 is 0. The van der Waals surface area contributed by atoms with E-state index in [0.717, 1.165) is 26.2 Å². The molecule has 1 aromatic rings. The van der Waals surface area contributed by atoms with E-state index in [2.05, 4.69) is 41.8 Å². The summed E-state index contributed by atoms with van der Waals surface area (Å²) in [6.07, 6.45) is 0. The van der Waals surface area contributed by atoms with Crippen LogP contribution in [0.3, 0.4) is 0 Å². The quantitative estimate of drug-likeness (QED) is 0.797. The average molecular weight is 346 g/mol. The van der Waals surface area contributed by atoms with Crippen molar-refractivity contribution in [2.45, 2.75) is 13.8 Å². The second-order valence-electron chi connectivity index (χ2n) is 7.02. The zero-order valence-electron chi connectivity index (χ0n) is 16.1. The molecule has 1 fully saturated rings. The van der Waals surface area contributed by atoms with Crippen molar-refractivity contribution in [1.29, 1.82) is 0 Å². The molecule has 1 aliphatic rings. The van der Waals surface area contributed by atoms with E-state index in [1.165, 1.54) is 26.6 Å². The summed E-state index contributed by atoms with van der Waals surface area (Å²) in [6, 6.07) is 6.41. The molecule has 0 spiro atoms. The number of piperazine rings is 1. The van der Waals surface area contributed by atoms with E-state index < -0.39 is 0 Å². The van der Waals surface area contributed by atoms with Gasteiger partial charge in [-0.2, -0.15) is 0 Å². The van der Waals surface area contributed by atoms with Crippen LogP contribution < -0.4 is 4.90 Å². The fourth-order valence-corrected chi connectivity index (χ4v) is 2.97. The Morgan fingerprint density at radius 1 is 1.00 bits per heavy atom. The fourth-order valence-electron chi connectivity index (χ4n) is 2.97. The number of hydrogen-bond donors (Lipinski definition) is 0. The molecule has 1 saturated heterocycles. The highest BCUT2D eigenvalue weighted by molar-refractivity contribution is 5.85. The molecule has 25 heavy (non-hydrogen) atoms. The zero-order chi connectivity index (χ0) is 18.6. The smallest absolute Gasteiger partial charge is 0.241 e. The second-order valence-corrected chi connectivity index (χ2v) is 7.02. The lowest BCUT2D eigenvalue weighted by molar-refractivity contribution is -0.138. The molecule has 0 aliphatic carbocycles. The first-order valence-corrected chi connectivity index (χ1v) is 8.77. The molecule has 0 bridgehead atoms. The predicted octanol–water partition coefficient (Wildman–Crippen LogP) is 0.972. The standard InChI is InChI=1S/C19H30N4O2/c1-15-7-6-8-17(16(15)2)23-11-9-22(10-12-23)14-19(25)21(5)13-18(24)20(3)4/h6-8H,9-14H2,1-5H3. The maximum Gasteiger partial charge on any atom is 0.241 e. The number of carbonyl (C=O) groups is 2. The first-order valence-electron chi connectivity index (χ1n) is 8.77. The van der Waals surface area contributed by atoms with Gasteiger partial charge in [-0.05, 0) is 31.0 Å². The van der Waals surface area contributed by atoms with Crippen molar-refractivity contribution in [2.75, 3.05) is 65.3 Å². The number of hydrogen-bond acceptors (Lipinski definition) is 4. The van der Waals surface area contributed by atoms with Crippen LogP contribution in [0, 0.1) is 13.8 Å². The van der Waals surface area contributed by atoms with Gasteiger partial charge >= 0.3 is 0 Å². The number of likely N-dealkylation sites (N-methyl/N-ethyl adjacent to an activating group) is 2. The van der Waals surface area contributed by atoms with E-state index in [1.54, 1.807) is 21.1 Å². The molecule has 2 rings (SSSR count). The van der Waals surface area contributed by atoms with Crippen LogP contribution in [-0.2, 0) is 9.59 Å². The number of anilines is 1.